The predicted molar refractivity (Wildman–Crippen MR) is 180 cm³/mol. The zero-order valence-electron chi connectivity index (χ0n) is 26.9. The number of aliphatic hydroxyl groups is 5. The number of carbonyl (C=O) groups is 1. The number of hydrogen-bond acceptors (Lipinski definition) is 8. The SMILES string of the molecule is CCCC/C=C\C[C@H]1C(O)CCC1/C=C/C(C)O.O=C(O)CCC/C=C\C[C@@H]1C(/C=C/[C@@H](O)COc2ccsc2)[C@H](O)C[C@@H]1O. The van der Waals surface area contributed by atoms with Crippen molar-refractivity contribution in [2.45, 2.75) is 115 Å². The molecule has 2 saturated carbocycles. The molecule has 0 aliphatic heterocycles. The first-order chi connectivity index (χ1) is 21.6. The molecule has 9 heteroatoms. The molecule has 1 heterocycles. The molecular formula is C36H56O8S. The van der Waals surface area contributed by atoms with Crippen molar-refractivity contribution >= 4 is 17.3 Å². The van der Waals surface area contributed by atoms with E-state index in [-0.39, 0.29) is 37.1 Å². The van der Waals surface area contributed by atoms with E-state index >= 15 is 0 Å². The van der Waals surface area contributed by atoms with Gasteiger partial charge in [-0.3, -0.25) is 4.79 Å². The molecule has 254 valence electrons. The molecule has 6 N–H and O–H groups in total. The Labute approximate surface area is 273 Å². The minimum Gasteiger partial charge on any atom is -0.490 e. The summed E-state index contributed by atoms with van der Waals surface area (Å²) in [4.78, 5) is 10.5. The normalized spacial score (nSPS) is 28.3. The number of ether oxygens (including phenoxy) is 1. The summed E-state index contributed by atoms with van der Waals surface area (Å²) in [6, 6.07) is 1.83. The molecule has 2 aliphatic carbocycles. The summed E-state index contributed by atoms with van der Waals surface area (Å²) in [7, 11) is 0. The van der Waals surface area contributed by atoms with E-state index in [4.69, 9.17) is 9.84 Å². The first-order valence-corrected chi connectivity index (χ1v) is 17.5. The largest absolute Gasteiger partial charge is 0.490 e. The topological polar surface area (TPSA) is 148 Å². The van der Waals surface area contributed by atoms with E-state index in [0.29, 0.717) is 37.5 Å². The standard InChI is InChI=1S/C20H28O6S.C16H28O2/c21-14(12-26-15-9-10-27-13-15)7-8-17-16(18(22)11-19(17)23)5-3-1-2-4-6-20(24)25;1-3-4-5-6-7-8-15-14(10-9-13(2)17)11-12-16(15)18/h1,3,7-10,13-14,16-19,21-23H,2,4-6,11-12H2,(H,24,25);6-7,9-10,13-18H,3-5,8,11-12H2,1-2H3/b3-1-,8-7+;7-6-,10-9+/t14-,16-,17?,18+,19-;13?,14?,15-,16?/m11/s1. The highest BCUT2D eigenvalue weighted by Gasteiger charge is 2.39. The number of aliphatic carboxylic acids is 1. The van der Waals surface area contributed by atoms with E-state index < -0.39 is 24.3 Å². The quantitative estimate of drug-likeness (QED) is 0.0833. The van der Waals surface area contributed by atoms with Gasteiger partial charge in [-0.1, -0.05) is 68.4 Å². The van der Waals surface area contributed by atoms with Crippen LogP contribution in [0.3, 0.4) is 0 Å². The van der Waals surface area contributed by atoms with Crippen molar-refractivity contribution in [1.82, 2.24) is 0 Å². The van der Waals surface area contributed by atoms with Crippen molar-refractivity contribution in [2.75, 3.05) is 6.61 Å². The molecule has 0 aromatic carbocycles. The molecule has 1 aromatic rings. The zero-order chi connectivity index (χ0) is 33.0. The monoisotopic (exact) mass is 648 g/mol. The van der Waals surface area contributed by atoms with Crippen LogP contribution in [-0.4, -0.2) is 73.7 Å². The van der Waals surface area contributed by atoms with Gasteiger partial charge in [0.2, 0.25) is 0 Å². The van der Waals surface area contributed by atoms with E-state index in [0.717, 1.165) is 31.4 Å². The number of aliphatic hydroxyl groups excluding tert-OH is 5. The van der Waals surface area contributed by atoms with Gasteiger partial charge in [0.15, 0.2) is 0 Å². The van der Waals surface area contributed by atoms with Crippen LogP contribution in [-0.2, 0) is 4.79 Å². The van der Waals surface area contributed by atoms with Crippen LogP contribution >= 0.6 is 11.3 Å². The van der Waals surface area contributed by atoms with E-state index in [1.807, 2.05) is 35.1 Å². The van der Waals surface area contributed by atoms with E-state index in [1.165, 1.54) is 24.2 Å². The van der Waals surface area contributed by atoms with Gasteiger partial charge in [-0.05, 0) is 81.1 Å². The molecule has 0 amide bonds. The molecule has 2 aliphatic rings. The molecule has 1 aromatic heterocycles. The Hall–Kier alpha value is -2.27. The first kappa shape index (κ1) is 38.9. The van der Waals surface area contributed by atoms with Crippen molar-refractivity contribution in [3.8, 4) is 5.75 Å². The minimum atomic E-state index is -0.801. The second-order valence-corrected chi connectivity index (χ2v) is 13.1. The molecule has 2 fully saturated rings. The van der Waals surface area contributed by atoms with Gasteiger partial charge in [0, 0.05) is 24.1 Å². The fraction of sp³-hybridized carbons (Fsp3) is 0.639. The molecule has 45 heavy (non-hydrogen) atoms. The molecule has 3 rings (SSSR count). The highest BCUT2D eigenvalue weighted by atomic mass is 32.1. The van der Waals surface area contributed by atoms with Gasteiger partial charge in [0.05, 0.1) is 24.4 Å². The highest BCUT2D eigenvalue weighted by molar-refractivity contribution is 7.08. The summed E-state index contributed by atoms with van der Waals surface area (Å²) < 4.78 is 5.46. The maximum atomic E-state index is 10.5. The van der Waals surface area contributed by atoms with Crippen LogP contribution in [0.4, 0.5) is 0 Å². The van der Waals surface area contributed by atoms with Crippen LogP contribution in [0, 0.1) is 23.7 Å². The van der Waals surface area contributed by atoms with Crippen LogP contribution in [0.2, 0.25) is 0 Å². The molecule has 9 atom stereocenters. The summed E-state index contributed by atoms with van der Waals surface area (Å²) in [5, 5.41) is 62.1. The van der Waals surface area contributed by atoms with Crippen molar-refractivity contribution < 1.29 is 40.2 Å². The lowest BCUT2D eigenvalue weighted by Crippen LogP contribution is -2.21. The second-order valence-electron chi connectivity index (χ2n) is 12.3. The lowest BCUT2D eigenvalue weighted by Gasteiger charge is -2.19. The lowest BCUT2D eigenvalue weighted by molar-refractivity contribution is -0.137. The maximum absolute atomic E-state index is 10.5. The molecule has 0 saturated heterocycles. The van der Waals surface area contributed by atoms with Gasteiger partial charge < -0.3 is 35.4 Å². The van der Waals surface area contributed by atoms with Crippen LogP contribution < -0.4 is 4.74 Å². The Morgan fingerprint density at radius 2 is 1.67 bits per heavy atom. The number of carboxylic acids is 1. The third-order valence-electron chi connectivity index (χ3n) is 8.50. The Morgan fingerprint density at radius 1 is 0.956 bits per heavy atom. The molecule has 4 unspecified atom stereocenters. The number of rotatable bonds is 18. The summed E-state index contributed by atoms with van der Waals surface area (Å²) >= 11 is 1.52. The van der Waals surface area contributed by atoms with E-state index in [9.17, 15) is 30.3 Å². The number of thiophene rings is 1. The van der Waals surface area contributed by atoms with Gasteiger partial charge in [0.25, 0.3) is 0 Å². The Balaban J connectivity index is 0.000000341. The van der Waals surface area contributed by atoms with Crippen molar-refractivity contribution in [3.05, 3.63) is 65.4 Å². The lowest BCUT2D eigenvalue weighted by atomic mass is 9.89. The fourth-order valence-electron chi connectivity index (χ4n) is 5.92. The highest BCUT2D eigenvalue weighted by Crippen LogP contribution is 2.37. The number of hydrogen-bond donors (Lipinski definition) is 6. The van der Waals surface area contributed by atoms with Gasteiger partial charge in [-0.15, -0.1) is 11.3 Å². The fourth-order valence-corrected chi connectivity index (χ4v) is 6.49. The van der Waals surface area contributed by atoms with Crippen LogP contribution in [0.1, 0.15) is 84.5 Å². The second kappa shape index (κ2) is 22.3. The van der Waals surface area contributed by atoms with Crippen LogP contribution in [0.15, 0.2) is 65.4 Å². The molecule has 8 nitrogen and oxygen atoms in total. The number of unbranched alkanes of at least 4 members (excludes halogenated alkanes) is 3. The predicted octanol–water partition coefficient (Wildman–Crippen LogP) is 6.05. The van der Waals surface area contributed by atoms with E-state index in [2.05, 4.69) is 25.2 Å². The molecule has 0 radical (unpaired) electrons. The Bertz CT molecular complexity index is 1030. The third-order valence-corrected chi connectivity index (χ3v) is 9.16. The summed E-state index contributed by atoms with van der Waals surface area (Å²) in [6.45, 7) is 4.10. The first-order valence-electron chi connectivity index (χ1n) is 16.6. The Morgan fingerprint density at radius 3 is 2.31 bits per heavy atom. The van der Waals surface area contributed by atoms with Crippen molar-refractivity contribution in [2.24, 2.45) is 23.7 Å². The van der Waals surface area contributed by atoms with Gasteiger partial charge in [0.1, 0.15) is 18.5 Å². The molecule has 0 bridgehead atoms. The molecular weight excluding hydrogens is 592 g/mol. The van der Waals surface area contributed by atoms with Crippen LogP contribution in [0.25, 0.3) is 0 Å². The van der Waals surface area contributed by atoms with Gasteiger partial charge in [-0.2, -0.15) is 0 Å². The number of carboxylic acid groups (broad SMARTS) is 1. The van der Waals surface area contributed by atoms with Crippen LogP contribution in [0.5, 0.6) is 5.75 Å². The maximum Gasteiger partial charge on any atom is 0.303 e. The summed E-state index contributed by atoms with van der Waals surface area (Å²) in [5.74, 6) is 0.305. The Kier molecular flexibility index (Phi) is 19.3. The zero-order valence-corrected chi connectivity index (χ0v) is 27.8. The van der Waals surface area contributed by atoms with Gasteiger partial charge in [-0.25, -0.2) is 0 Å². The minimum absolute atomic E-state index is 0.128. The van der Waals surface area contributed by atoms with Crippen molar-refractivity contribution in [1.29, 1.82) is 0 Å². The number of allylic oxidation sites excluding steroid dienone is 5. The average molecular weight is 649 g/mol. The van der Waals surface area contributed by atoms with Crippen molar-refractivity contribution in [3.63, 3.8) is 0 Å². The third kappa shape index (κ3) is 15.7. The smallest absolute Gasteiger partial charge is 0.303 e. The molecule has 0 spiro atoms. The van der Waals surface area contributed by atoms with Gasteiger partial charge >= 0.3 is 5.97 Å². The van der Waals surface area contributed by atoms with E-state index in [1.54, 1.807) is 19.1 Å². The summed E-state index contributed by atoms with van der Waals surface area (Å²) in [6.07, 6.45) is 21.9. The average Bonchev–Trinajstić information content (AvgIpc) is 3.71. The summed E-state index contributed by atoms with van der Waals surface area (Å²) in [5.41, 5.74) is 0.